The first-order chi connectivity index (χ1) is 17.4. The van der Waals surface area contributed by atoms with E-state index in [0.29, 0.717) is 32.6 Å². The first-order valence-electron chi connectivity index (χ1n) is 11.7. The van der Waals surface area contributed by atoms with Crippen molar-refractivity contribution in [3.05, 3.63) is 51.5 Å². The second kappa shape index (κ2) is 12.1. The van der Waals surface area contributed by atoms with Gasteiger partial charge in [0, 0.05) is 49.5 Å². The van der Waals surface area contributed by atoms with Crippen molar-refractivity contribution in [2.24, 2.45) is 0 Å². The maximum atomic E-state index is 13.1. The average Bonchev–Trinajstić information content (AvgIpc) is 3.16. The molecule has 3 heterocycles. The number of carbonyl (C=O) groups excluding carboxylic acids is 2. The number of nitrogens with zero attached hydrogens (tertiary/aromatic N) is 4. The summed E-state index contributed by atoms with van der Waals surface area (Å²) >= 11 is 12.2. The van der Waals surface area contributed by atoms with Gasteiger partial charge in [-0.15, -0.1) is 0 Å². The van der Waals surface area contributed by atoms with Crippen LogP contribution in [0.15, 0.2) is 24.5 Å². The molecule has 0 fully saturated rings. The third-order valence-electron chi connectivity index (χ3n) is 5.21. The van der Waals surface area contributed by atoms with Gasteiger partial charge in [-0.1, -0.05) is 23.2 Å². The normalized spacial score (nSPS) is 13.3. The summed E-state index contributed by atoms with van der Waals surface area (Å²) in [4.78, 5) is 33.8. The van der Waals surface area contributed by atoms with Gasteiger partial charge in [0.1, 0.15) is 18.0 Å². The molecule has 0 aromatic carbocycles. The number of alkyl carbamates (subject to hydrolysis) is 1. The highest BCUT2D eigenvalue weighted by atomic mass is 35.5. The Morgan fingerprint density at radius 3 is 2.46 bits per heavy atom. The van der Waals surface area contributed by atoms with Gasteiger partial charge in [0.05, 0.1) is 22.9 Å². The first kappa shape index (κ1) is 28.6. The van der Waals surface area contributed by atoms with Crippen LogP contribution in [0.2, 0.25) is 10.2 Å². The topological polar surface area (TPSA) is 117 Å². The number of fused-ring (bicyclic) bond motifs is 1. The van der Waals surface area contributed by atoms with Gasteiger partial charge in [-0.05, 0) is 40.7 Å². The van der Waals surface area contributed by atoms with Crippen molar-refractivity contribution in [2.45, 2.75) is 65.2 Å². The van der Waals surface area contributed by atoms with Gasteiger partial charge in [0.25, 0.3) is 0 Å². The molecule has 0 aliphatic rings. The molecule has 0 unspecified atom stereocenters. The van der Waals surface area contributed by atoms with E-state index in [0.717, 1.165) is 0 Å². The van der Waals surface area contributed by atoms with E-state index in [4.69, 9.17) is 37.4 Å². The number of Topliss-reactive ketones (excluding diaryl/α,β-unsaturated/α-hetero) is 1. The third-order valence-corrected chi connectivity index (χ3v) is 5.60. The predicted molar refractivity (Wildman–Crippen MR) is 139 cm³/mol. The Balaban J connectivity index is 1.72. The van der Waals surface area contributed by atoms with E-state index in [9.17, 15) is 9.59 Å². The van der Waals surface area contributed by atoms with Gasteiger partial charge >= 0.3 is 6.09 Å². The summed E-state index contributed by atoms with van der Waals surface area (Å²) in [6.07, 6.45) is 2.27. The molecule has 0 bridgehead atoms. The Labute approximate surface area is 225 Å². The standard InChI is InChI=1S/C25H31Cl2N5O5/c1-14(30-24(34)37-25(3,4)5)13-36-23-16(7-18(26)12-29-23)8-19(33)9-17-11-28-21-10-20(27)31-32(21)22(17)15(2)35-6/h7,10-12,14-15H,8-9,13H2,1-6H3,(H,30,34)/t14-,15-/m0/s1. The number of ketones is 1. The number of methoxy groups -OCH3 is 1. The Morgan fingerprint density at radius 1 is 1.08 bits per heavy atom. The minimum absolute atomic E-state index is 0.0233. The molecule has 10 nitrogen and oxygen atoms in total. The lowest BCUT2D eigenvalue weighted by atomic mass is 10.0. The van der Waals surface area contributed by atoms with Crippen LogP contribution in [0.1, 0.15) is 57.5 Å². The van der Waals surface area contributed by atoms with E-state index >= 15 is 0 Å². The van der Waals surface area contributed by atoms with Gasteiger partial charge in [-0.3, -0.25) is 4.79 Å². The molecule has 3 aromatic rings. The van der Waals surface area contributed by atoms with Crippen LogP contribution in [0.5, 0.6) is 5.88 Å². The maximum Gasteiger partial charge on any atom is 0.407 e. The molecular weight excluding hydrogens is 521 g/mol. The molecule has 0 saturated carbocycles. The molecule has 200 valence electrons. The fourth-order valence-corrected chi connectivity index (χ4v) is 3.96. The number of pyridine rings is 1. The van der Waals surface area contributed by atoms with Crippen molar-refractivity contribution >= 4 is 40.7 Å². The molecule has 12 heteroatoms. The summed E-state index contributed by atoms with van der Waals surface area (Å²) in [5.41, 5.74) is 1.83. The van der Waals surface area contributed by atoms with E-state index in [-0.39, 0.29) is 43.3 Å². The minimum Gasteiger partial charge on any atom is -0.475 e. The number of rotatable bonds is 10. The average molecular weight is 552 g/mol. The quantitative estimate of drug-likeness (QED) is 0.382. The summed E-state index contributed by atoms with van der Waals surface area (Å²) in [7, 11) is 1.58. The highest BCUT2D eigenvalue weighted by molar-refractivity contribution is 6.30. The van der Waals surface area contributed by atoms with E-state index in [1.807, 2.05) is 6.92 Å². The summed E-state index contributed by atoms with van der Waals surface area (Å²) in [6, 6.07) is 2.91. The summed E-state index contributed by atoms with van der Waals surface area (Å²) in [5, 5.41) is 7.66. The predicted octanol–water partition coefficient (Wildman–Crippen LogP) is 4.78. The van der Waals surface area contributed by atoms with Gasteiger partial charge in [0.2, 0.25) is 5.88 Å². The van der Waals surface area contributed by atoms with Crippen LogP contribution in [-0.4, -0.2) is 56.8 Å². The number of ether oxygens (including phenoxy) is 3. The lowest BCUT2D eigenvalue weighted by Crippen LogP contribution is -2.40. The highest BCUT2D eigenvalue weighted by Gasteiger charge is 2.21. The molecule has 0 radical (unpaired) electrons. The smallest absolute Gasteiger partial charge is 0.407 e. The van der Waals surface area contributed by atoms with Gasteiger partial charge in [0.15, 0.2) is 10.8 Å². The van der Waals surface area contributed by atoms with Crippen LogP contribution in [0.25, 0.3) is 5.65 Å². The zero-order chi connectivity index (χ0) is 27.3. The fourth-order valence-electron chi connectivity index (χ4n) is 3.61. The Morgan fingerprint density at radius 2 is 1.78 bits per heavy atom. The van der Waals surface area contributed by atoms with E-state index < -0.39 is 11.7 Å². The van der Waals surface area contributed by atoms with Crippen molar-refractivity contribution < 1.29 is 23.8 Å². The second-order valence-corrected chi connectivity index (χ2v) is 10.5. The van der Waals surface area contributed by atoms with Crippen molar-refractivity contribution in [1.82, 2.24) is 24.9 Å². The lowest BCUT2D eigenvalue weighted by Gasteiger charge is -2.22. The van der Waals surface area contributed by atoms with Crippen LogP contribution in [0.3, 0.4) is 0 Å². The number of amides is 1. The molecule has 0 spiro atoms. The number of carbonyl (C=O) groups is 2. The van der Waals surface area contributed by atoms with Crippen molar-refractivity contribution in [2.75, 3.05) is 13.7 Å². The summed E-state index contributed by atoms with van der Waals surface area (Å²) < 4.78 is 18.2. The summed E-state index contributed by atoms with van der Waals surface area (Å²) in [5.74, 6) is 0.145. The molecule has 0 aliphatic heterocycles. The Kier molecular flexibility index (Phi) is 9.33. The van der Waals surface area contributed by atoms with Crippen LogP contribution in [0.4, 0.5) is 4.79 Å². The molecule has 0 saturated heterocycles. The summed E-state index contributed by atoms with van der Waals surface area (Å²) in [6.45, 7) is 9.10. The SMILES string of the molecule is CO[C@@H](C)c1c(CC(=O)Cc2cc(Cl)cnc2OC[C@H](C)NC(=O)OC(C)(C)C)cnc2cc(Cl)nn12. The molecule has 0 aliphatic carbocycles. The Bertz CT molecular complexity index is 1270. The highest BCUT2D eigenvalue weighted by Crippen LogP contribution is 2.25. The number of aromatic nitrogens is 4. The fraction of sp³-hybridized carbons (Fsp3) is 0.480. The molecule has 3 aromatic heterocycles. The molecule has 2 atom stereocenters. The number of hydrogen-bond acceptors (Lipinski definition) is 8. The lowest BCUT2D eigenvalue weighted by molar-refractivity contribution is -0.117. The van der Waals surface area contributed by atoms with Crippen LogP contribution >= 0.6 is 23.2 Å². The van der Waals surface area contributed by atoms with E-state index in [1.165, 1.54) is 6.20 Å². The van der Waals surface area contributed by atoms with Gasteiger partial charge in [-0.2, -0.15) is 5.10 Å². The number of halogens is 2. The van der Waals surface area contributed by atoms with Gasteiger partial charge in [-0.25, -0.2) is 19.3 Å². The van der Waals surface area contributed by atoms with Crippen LogP contribution < -0.4 is 10.1 Å². The second-order valence-electron chi connectivity index (χ2n) is 9.65. The van der Waals surface area contributed by atoms with Crippen molar-refractivity contribution in [3.8, 4) is 5.88 Å². The monoisotopic (exact) mass is 551 g/mol. The third kappa shape index (κ3) is 8.02. The largest absolute Gasteiger partial charge is 0.475 e. The Hall–Kier alpha value is -2.95. The van der Waals surface area contributed by atoms with Crippen LogP contribution in [0, 0.1) is 0 Å². The molecule has 37 heavy (non-hydrogen) atoms. The van der Waals surface area contributed by atoms with E-state index in [1.54, 1.807) is 57.6 Å². The maximum absolute atomic E-state index is 13.1. The number of nitrogens with one attached hydrogen (secondary N) is 1. The molecule has 1 amide bonds. The van der Waals surface area contributed by atoms with Crippen molar-refractivity contribution in [1.29, 1.82) is 0 Å². The van der Waals surface area contributed by atoms with Crippen molar-refractivity contribution in [3.63, 3.8) is 0 Å². The molecule has 3 rings (SSSR count). The van der Waals surface area contributed by atoms with E-state index in [2.05, 4.69) is 20.4 Å². The van der Waals surface area contributed by atoms with Crippen LogP contribution in [-0.2, 0) is 27.1 Å². The van der Waals surface area contributed by atoms with Gasteiger partial charge < -0.3 is 19.5 Å². The zero-order valence-corrected chi connectivity index (χ0v) is 23.2. The number of hydrogen-bond donors (Lipinski definition) is 1. The first-order valence-corrected chi connectivity index (χ1v) is 12.5. The minimum atomic E-state index is -0.611. The molecule has 1 N–H and O–H groups in total. The molecular formula is C25H31Cl2N5O5. The zero-order valence-electron chi connectivity index (χ0n) is 21.7.